The van der Waals surface area contributed by atoms with Crippen molar-refractivity contribution in [2.24, 2.45) is 0 Å². The molecule has 3 aromatic heterocycles. The van der Waals surface area contributed by atoms with Crippen LogP contribution in [-0.4, -0.2) is 13.7 Å². The average molecular weight is 796 g/mol. The van der Waals surface area contributed by atoms with E-state index in [1.54, 1.807) is 0 Å². The smallest absolute Gasteiger partial charge is 0.100 e. The molecule has 0 saturated heterocycles. The van der Waals surface area contributed by atoms with Crippen molar-refractivity contribution in [2.75, 3.05) is 0 Å². The maximum absolute atomic E-state index is 2.43. The molecule has 0 aliphatic heterocycles. The fourth-order valence-electron chi connectivity index (χ4n) is 6.80. The van der Waals surface area contributed by atoms with Gasteiger partial charge < -0.3 is 13.7 Å². The van der Waals surface area contributed by atoms with Gasteiger partial charge in [-0.25, -0.2) is 0 Å². The molecular weight excluding hydrogens is 715 g/mol. The third-order valence-corrected chi connectivity index (χ3v) is 8.64. The molecule has 0 spiro atoms. The van der Waals surface area contributed by atoms with Crippen LogP contribution in [0.3, 0.4) is 0 Å². The normalized spacial score (nSPS) is 9.31. The Labute approximate surface area is 360 Å². The highest BCUT2D eigenvalue weighted by atomic mass is 15.2. The summed E-state index contributed by atoms with van der Waals surface area (Å²) in [5.41, 5.74) is 7.78. The minimum atomic E-state index is 0.794. The van der Waals surface area contributed by atoms with E-state index in [0.717, 1.165) is 13.2 Å². The van der Waals surface area contributed by atoms with Crippen molar-refractivity contribution in [3.63, 3.8) is 0 Å². The van der Waals surface area contributed by atoms with Crippen LogP contribution >= 0.6 is 0 Å². The third kappa shape index (κ3) is 12.9. The molecule has 0 N–H and O–H groups in total. The van der Waals surface area contributed by atoms with E-state index >= 15 is 0 Å². The fourth-order valence-corrected chi connectivity index (χ4v) is 6.80. The Bertz CT molecular complexity index is 2130. The zero-order chi connectivity index (χ0) is 44.8. The quantitative estimate of drug-likeness (QED) is 0.169. The van der Waals surface area contributed by atoms with Gasteiger partial charge in [-0.1, -0.05) is 226 Å². The first-order chi connectivity index (χ1) is 29.2. The summed E-state index contributed by atoms with van der Waals surface area (Å²) in [6, 6.07) is 52.0. The van der Waals surface area contributed by atoms with Gasteiger partial charge in [0.1, 0.15) is 6.67 Å². The van der Waals surface area contributed by atoms with Gasteiger partial charge in [-0.15, -0.1) is 0 Å². The number of nitrogens with zero attached hydrogens (tertiary/aromatic N) is 3. The number of hydrogen-bond acceptors (Lipinski definition) is 0. The molecule has 3 heteroatoms. The standard InChI is InChI=1S/C25H18N2.C14H13N.C3H8.7C2H6/c1-5-13-22-18(9-1)19-10-2-6-14-23(19)26(22)17-27-24-15-7-3-11-20(24)21-12-4-8-16-25(21)27;1-2-15-13-9-5-3-7-11(13)12-8-4-6-10-14(12)15;1-3-2;7*1-2/h1-16H,17H2;3-10H,2H2,1H3;3H2,1-2H3;7*1-2H3. The van der Waals surface area contributed by atoms with Gasteiger partial charge in [-0.2, -0.15) is 0 Å². The Morgan fingerprint density at radius 3 is 0.576 bits per heavy atom. The van der Waals surface area contributed by atoms with Gasteiger partial charge in [0.2, 0.25) is 0 Å². The molecule has 3 nitrogen and oxygen atoms in total. The van der Waals surface area contributed by atoms with Crippen LogP contribution in [-0.2, 0) is 13.2 Å². The van der Waals surface area contributed by atoms with Crippen LogP contribution in [0.1, 0.15) is 124 Å². The van der Waals surface area contributed by atoms with E-state index in [4.69, 9.17) is 0 Å². The second-order valence-corrected chi connectivity index (χ2v) is 11.6. The Hall–Kier alpha value is -5.28. The Morgan fingerprint density at radius 2 is 0.407 bits per heavy atom. The largest absolute Gasteiger partial charge is 0.341 e. The third-order valence-electron chi connectivity index (χ3n) is 8.64. The molecule has 0 saturated carbocycles. The van der Waals surface area contributed by atoms with Crippen molar-refractivity contribution in [3.8, 4) is 0 Å². The summed E-state index contributed by atoms with van der Waals surface area (Å²) >= 11 is 0. The van der Waals surface area contributed by atoms with Gasteiger partial charge in [0.05, 0.1) is 22.1 Å². The summed E-state index contributed by atoms with van der Waals surface area (Å²) in [6.07, 6.45) is 1.25. The zero-order valence-corrected chi connectivity index (χ0v) is 40.3. The van der Waals surface area contributed by atoms with Crippen molar-refractivity contribution in [1.29, 1.82) is 0 Å². The summed E-state index contributed by atoms with van der Waals surface area (Å²) in [5, 5.41) is 7.97. The lowest BCUT2D eigenvalue weighted by atomic mass is 10.2. The maximum atomic E-state index is 2.43. The van der Waals surface area contributed by atoms with Crippen LogP contribution in [0, 0.1) is 0 Å². The molecule has 9 rings (SSSR count). The molecule has 59 heavy (non-hydrogen) atoms. The molecule has 0 bridgehead atoms. The number of fused-ring (bicyclic) bond motifs is 9. The molecule has 3 heterocycles. The number of benzene rings is 6. The molecule has 320 valence electrons. The summed E-state index contributed by atoms with van der Waals surface area (Å²) < 4.78 is 7.23. The second kappa shape index (κ2) is 31.7. The van der Waals surface area contributed by atoms with Gasteiger partial charge in [-0.05, 0) is 43.3 Å². The molecule has 0 atom stereocenters. The van der Waals surface area contributed by atoms with E-state index in [0.29, 0.717) is 0 Å². The van der Waals surface area contributed by atoms with E-state index in [9.17, 15) is 0 Å². The fraction of sp³-hybridized carbons (Fsp3) is 0.357. The Kier molecular flexibility index (Phi) is 28.8. The number of aryl methyl sites for hydroxylation is 1. The van der Waals surface area contributed by atoms with E-state index in [1.165, 1.54) is 71.8 Å². The molecule has 0 aliphatic rings. The summed E-state index contributed by atoms with van der Waals surface area (Å²) in [5.74, 6) is 0. The van der Waals surface area contributed by atoms with Crippen molar-refractivity contribution in [1.82, 2.24) is 13.7 Å². The van der Waals surface area contributed by atoms with Gasteiger partial charge >= 0.3 is 0 Å². The molecule has 0 unspecified atom stereocenters. The van der Waals surface area contributed by atoms with Gasteiger partial charge in [-0.3, -0.25) is 0 Å². The molecule has 0 aliphatic carbocycles. The van der Waals surface area contributed by atoms with Crippen molar-refractivity contribution in [3.05, 3.63) is 146 Å². The molecule has 0 radical (unpaired) electrons. The maximum Gasteiger partial charge on any atom is 0.100 e. The van der Waals surface area contributed by atoms with Crippen LogP contribution in [0.25, 0.3) is 65.4 Å². The van der Waals surface area contributed by atoms with E-state index in [-0.39, 0.29) is 0 Å². The minimum Gasteiger partial charge on any atom is -0.341 e. The lowest BCUT2D eigenvalue weighted by molar-refractivity contribution is 0.682. The SMILES string of the molecule is CC.CC.CC.CC.CC.CC.CC.CCC.CCn1c2ccccc2c2ccccc21.c1ccc2c(c1)c1ccccc1n2Cn1c2ccccc2c2ccccc21. The van der Waals surface area contributed by atoms with Gasteiger partial charge in [0, 0.05) is 49.9 Å². The van der Waals surface area contributed by atoms with E-state index in [1.807, 2.05) is 96.9 Å². The molecular formula is C56H81N3. The highest BCUT2D eigenvalue weighted by Gasteiger charge is 2.14. The van der Waals surface area contributed by atoms with E-state index in [2.05, 4.69) is 180 Å². The molecule has 0 amide bonds. The second-order valence-electron chi connectivity index (χ2n) is 11.6. The lowest BCUT2D eigenvalue weighted by Gasteiger charge is -2.12. The van der Waals surface area contributed by atoms with Crippen LogP contribution < -0.4 is 0 Å². The van der Waals surface area contributed by atoms with Crippen molar-refractivity contribution in [2.45, 2.75) is 137 Å². The van der Waals surface area contributed by atoms with Crippen LogP contribution in [0.4, 0.5) is 0 Å². The van der Waals surface area contributed by atoms with Gasteiger partial charge in [0.15, 0.2) is 0 Å². The first-order valence-electron chi connectivity index (χ1n) is 23.1. The predicted molar refractivity (Wildman–Crippen MR) is 275 cm³/mol. The number of hydrogen-bond donors (Lipinski definition) is 0. The van der Waals surface area contributed by atoms with Gasteiger partial charge in [0.25, 0.3) is 0 Å². The first-order valence-corrected chi connectivity index (χ1v) is 23.1. The number of para-hydroxylation sites is 6. The highest BCUT2D eigenvalue weighted by molar-refractivity contribution is 6.10. The van der Waals surface area contributed by atoms with Crippen LogP contribution in [0.5, 0.6) is 0 Å². The van der Waals surface area contributed by atoms with Crippen LogP contribution in [0.2, 0.25) is 0 Å². The summed E-state index contributed by atoms with van der Waals surface area (Å²) in [6.45, 7) is 36.3. The predicted octanol–water partition coefficient (Wildman–Crippen LogP) is 18.8. The monoisotopic (exact) mass is 796 g/mol. The molecule has 9 aromatic rings. The lowest BCUT2D eigenvalue weighted by Crippen LogP contribution is -2.07. The molecule has 0 fully saturated rings. The Morgan fingerprint density at radius 1 is 0.254 bits per heavy atom. The number of rotatable bonds is 3. The topological polar surface area (TPSA) is 14.8 Å². The van der Waals surface area contributed by atoms with Crippen LogP contribution in [0.15, 0.2) is 146 Å². The Balaban J connectivity index is 0.000000896. The number of aromatic nitrogens is 3. The average Bonchev–Trinajstić information content (AvgIpc) is 3.97. The van der Waals surface area contributed by atoms with Crippen molar-refractivity contribution < 1.29 is 0 Å². The first kappa shape index (κ1) is 53.7. The molecule has 6 aromatic carbocycles. The van der Waals surface area contributed by atoms with Crippen molar-refractivity contribution >= 4 is 65.4 Å². The summed E-state index contributed by atoms with van der Waals surface area (Å²) in [4.78, 5) is 0. The minimum absolute atomic E-state index is 0.794. The highest BCUT2D eigenvalue weighted by Crippen LogP contribution is 2.33. The van der Waals surface area contributed by atoms with E-state index < -0.39 is 0 Å². The summed E-state index contributed by atoms with van der Waals surface area (Å²) in [7, 11) is 0. The zero-order valence-electron chi connectivity index (χ0n) is 40.3.